The lowest BCUT2D eigenvalue weighted by Crippen LogP contribution is -2.47. The maximum absolute atomic E-state index is 13.2. The molecule has 0 unspecified atom stereocenters. The van der Waals surface area contributed by atoms with Crippen LogP contribution in [0.25, 0.3) is 0 Å². The number of amides is 2. The van der Waals surface area contributed by atoms with Gasteiger partial charge in [-0.05, 0) is 30.7 Å². The highest BCUT2D eigenvalue weighted by Gasteiger charge is 2.42. The number of nitrogens with one attached hydrogen (secondary N) is 1. The van der Waals surface area contributed by atoms with Gasteiger partial charge in [-0.25, -0.2) is 13.6 Å². The summed E-state index contributed by atoms with van der Waals surface area (Å²) >= 11 is 0. The summed E-state index contributed by atoms with van der Waals surface area (Å²) in [6.07, 6.45) is -1.14. The molecule has 0 saturated carbocycles. The fourth-order valence-corrected chi connectivity index (χ4v) is 5.07. The van der Waals surface area contributed by atoms with E-state index in [0.29, 0.717) is 11.3 Å². The summed E-state index contributed by atoms with van der Waals surface area (Å²) in [5, 5.41) is 11.9. The number of hydrogen-bond donors (Lipinski definition) is 3. The van der Waals surface area contributed by atoms with E-state index in [9.17, 15) is 32.7 Å². The van der Waals surface area contributed by atoms with E-state index in [1.807, 2.05) is 6.07 Å². The van der Waals surface area contributed by atoms with Crippen molar-refractivity contribution in [2.45, 2.75) is 30.2 Å². The van der Waals surface area contributed by atoms with Crippen molar-refractivity contribution >= 4 is 28.1 Å². The monoisotopic (exact) mass is 459 g/mol. The molecule has 0 aromatic heterocycles. The zero-order chi connectivity index (χ0) is 23.2. The lowest BCUT2D eigenvalue weighted by Gasteiger charge is -2.37. The Morgan fingerprint density at radius 1 is 1.19 bits per heavy atom. The van der Waals surface area contributed by atoms with Crippen LogP contribution in [0, 0.1) is 11.3 Å². The Hall–Kier alpha value is -3.26. The zero-order valence-electron chi connectivity index (χ0n) is 16.9. The largest absolute Gasteiger partial charge is 0.327 e. The number of Topliss-reactive ketones (excluding diaryl/α,β-unsaturated/α-hetero) is 1. The quantitative estimate of drug-likeness (QED) is 0.587. The van der Waals surface area contributed by atoms with Crippen LogP contribution in [0.3, 0.4) is 0 Å². The second-order valence-corrected chi connectivity index (χ2v) is 9.70. The molecule has 1 aliphatic heterocycles. The second kappa shape index (κ2) is 8.02. The van der Waals surface area contributed by atoms with Crippen molar-refractivity contribution in [2.75, 3.05) is 11.2 Å². The first-order chi connectivity index (χ1) is 15.1. The van der Waals surface area contributed by atoms with Gasteiger partial charge in [0, 0.05) is 35.1 Å². The van der Waals surface area contributed by atoms with Crippen molar-refractivity contribution in [1.29, 1.82) is 5.26 Å². The number of urea groups is 1. The van der Waals surface area contributed by atoms with Gasteiger partial charge in [-0.2, -0.15) is 15.9 Å². The molecule has 0 saturated heterocycles. The number of carbonyl (C=O) groups excluding carboxylic acids is 2. The lowest BCUT2D eigenvalue weighted by molar-refractivity contribution is -0.115. The number of benzene rings is 2. The minimum atomic E-state index is -3.29. The standard InChI is InChI=1S/C22H19F2N3O4S/c1-32(30,31)18-9-12(11-25)5-6-15(18)20-19-16(7-8-17(19)28)27(22(29)26-20)14-4-2-3-13(10-14)21(23)24/h2-6,9-10,20-21,30-31H,7-8H2,1H3,(H,26,29)/t20-/m0/s1. The normalized spacial score (nSPS) is 19.2. The summed E-state index contributed by atoms with van der Waals surface area (Å²) < 4.78 is 47.1. The number of rotatable bonds is 4. The number of allylic oxidation sites excluding steroid dienone is 1. The van der Waals surface area contributed by atoms with Gasteiger partial charge in [-0.15, -0.1) is 0 Å². The number of nitrogens with zero attached hydrogens (tertiary/aromatic N) is 2. The fourth-order valence-electron chi connectivity index (χ4n) is 4.09. The molecule has 4 rings (SSSR count). The summed E-state index contributed by atoms with van der Waals surface area (Å²) in [5.74, 6) is -0.233. The number of ketones is 1. The van der Waals surface area contributed by atoms with Gasteiger partial charge in [-0.3, -0.25) is 18.8 Å². The van der Waals surface area contributed by atoms with E-state index >= 15 is 0 Å². The van der Waals surface area contributed by atoms with Crippen LogP contribution in [0.15, 0.2) is 58.6 Å². The average Bonchev–Trinajstić information content (AvgIpc) is 3.13. The van der Waals surface area contributed by atoms with Gasteiger partial charge in [0.05, 0.1) is 28.3 Å². The van der Waals surface area contributed by atoms with Crippen molar-refractivity contribution in [3.05, 3.63) is 70.4 Å². The molecule has 0 fully saturated rings. The Bertz CT molecular complexity index is 1200. The average molecular weight is 459 g/mol. The summed E-state index contributed by atoms with van der Waals surface area (Å²) in [6, 6.07) is 10.0. The number of carbonyl (C=O) groups is 2. The number of alkyl halides is 2. The van der Waals surface area contributed by atoms with E-state index in [-0.39, 0.29) is 45.9 Å². The van der Waals surface area contributed by atoms with Crippen LogP contribution in [-0.4, -0.2) is 27.2 Å². The van der Waals surface area contributed by atoms with Gasteiger partial charge in [0.2, 0.25) is 0 Å². The highest BCUT2D eigenvalue weighted by atomic mass is 32.3. The van der Waals surface area contributed by atoms with Crippen LogP contribution in [0.2, 0.25) is 0 Å². The molecule has 7 nitrogen and oxygen atoms in total. The molecule has 1 heterocycles. The SMILES string of the molecule is CS(O)(O)c1cc(C#N)ccc1[C@@H]1NC(=O)N(c2cccc(C(F)F)c2)C2=C1C(=O)CC2. The van der Waals surface area contributed by atoms with Gasteiger partial charge >= 0.3 is 6.03 Å². The molecular formula is C22H19F2N3O4S. The molecule has 1 atom stereocenters. The van der Waals surface area contributed by atoms with Gasteiger partial charge in [0.15, 0.2) is 5.78 Å². The van der Waals surface area contributed by atoms with E-state index in [1.54, 1.807) is 0 Å². The van der Waals surface area contributed by atoms with E-state index in [0.717, 1.165) is 0 Å². The Labute approximate surface area is 184 Å². The third-order valence-corrected chi connectivity index (χ3v) is 6.67. The predicted molar refractivity (Wildman–Crippen MR) is 115 cm³/mol. The fraction of sp³-hybridized carbons (Fsp3) is 0.227. The molecule has 2 amide bonds. The topological polar surface area (TPSA) is 114 Å². The van der Waals surface area contributed by atoms with E-state index < -0.39 is 29.1 Å². The molecule has 2 aliphatic rings. The number of anilines is 1. The Morgan fingerprint density at radius 3 is 2.59 bits per heavy atom. The summed E-state index contributed by atoms with van der Waals surface area (Å²) in [5.41, 5.74) is 1.10. The van der Waals surface area contributed by atoms with Gasteiger partial charge in [-0.1, -0.05) is 18.2 Å². The lowest BCUT2D eigenvalue weighted by atomic mass is 9.94. The van der Waals surface area contributed by atoms with Gasteiger partial charge in [0.1, 0.15) is 0 Å². The van der Waals surface area contributed by atoms with E-state index in [1.165, 1.54) is 53.6 Å². The maximum Gasteiger partial charge on any atom is 0.327 e. The van der Waals surface area contributed by atoms with Crippen molar-refractivity contribution in [2.24, 2.45) is 0 Å². The van der Waals surface area contributed by atoms with Gasteiger partial charge < -0.3 is 5.32 Å². The molecule has 2 aromatic carbocycles. The molecule has 0 spiro atoms. The molecule has 10 heteroatoms. The molecule has 2 aromatic rings. The summed E-state index contributed by atoms with van der Waals surface area (Å²) in [6.45, 7) is 0. The third kappa shape index (κ3) is 3.75. The van der Waals surface area contributed by atoms with Crippen molar-refractivity contribution in [3.8, 4) is 6.07 Å². The molecule has 0 radical (unpaired) electrons. The van der Waals surface area contributed by atoms with Crippen LogP contribution in [0.4, 0.5) is 19.3 Å². The first kappa shape index (κ1) is 22.0. The highest BCUT2D eigenvalue weighted by molar-refractivity contribution is 8.23. The van der Waals surface area contributed by atoms with Crippen molar-refractivity contribution < 1.29 is 27.5 Å². The molecular weight excluding hydrogens is 440 g/mol. The van der Waals surface area contributed by atoms with Crippen LogP contribution in [-0.2, 0) is 4.79 Å². The van der Waals surface area contributed by atoms with Gasteiger partial charge in [0.25, 0.3) is 6.43 Å². The third-order valence-electron chi connectivity index (χ3n) is 5.48. The van der Waals surface area contributed by atoms with Crippen molar-refractivity contribution in [1.82, 2.24) is 5.32 Å². The number of halogens is 2. The number of nitriles is 1. The van der Waals surface area contributed by atoms with E-state index in [2.05, 4.69) is 5.32 Å². The first-order valence-corrected chi connectivity index (χ1v) is 11.6. The van der Waals surface area contributed by atoms with E-state index in [4.69, 9.17) is 0 Å². The minimum absolute atomic E-state index is 0.0570. The van der Waals surface area contributed by atoms with Crippen molar-refractivity contribution in [3.63, 3.8) is 0 Å². The van der Waals surface area contributed by atoms with Crippen LogP contribution in [0.1, 0.15) is 42.0 Å². The van der Waals surface area contributed by atoms with Crippen LogP contribution < -0.4 is 10.2 Å². The van der Waals surface area contributed by atoms with Crippen LogP contribution in [0.5, 0.6) is 0 Å². The highest BCUT2D eigenvalue weighted by Crippen LogP contribution is 2.50. The zero-order valence-corrected chi connectivity index (χ0v) is 17.7. The maximum atomic E-state index is 13.2. The molecule has 1 aliphatic carbocycles. The Morgan fingerprint density at radius 2 is 1.94 bits per heavy atom. The molecule has 3 N–H and O–H groups in total. The molecule has 32 heavy (non-hydrogen) atoms. The summed E-state index contributed by atoms with van der Waals surface area (Å²) in [7, 11) is -3.29. The Kier molecular flexibility index (Phi) is 5.50. The molecule has 166 valence electrons. The minimum Gasteiger partial charge on any atom is -0.326 e. The Balaban J connectivity index is 1.87. The smallest absolute Gasteiger partial charge is 0.326 e. The second-order valence-electron chi connectivity index (χ2n) is 7.60. The van der Waals surface area contributed by atoms with Crippen LogP contribution >= 0.6 is 10.6 Å². The number of hydrogen-bond acceptors (Lipinski definition) is 5. The first-order valence-electron chi connectivity index (χ1n) is 9.64. The predicted octanol–water partition coefficient (Wildman–Crippen LogP) is 5.12. The summed E-state index contributed by atoms with van der Waals surface area (Å²) in [4.78, 5) is 27.2. The molecule has 0 bridgehead atoms.